The zero-order valence-corrected chi connectivity index (χ0v) is 20.8. The van der Waals surface area contributed by atoms with Crippen molar-refractivity contribution in [1.82, 2.24) is 4.98 Å². The number of thiazole rings is 1. The third-order valence-electron chi connectivity index (χ3n) is 4.27. The molecule has 0 saturated heterocycles. The first-order valence-electron chi connectivity index (χ1n) is 9.56. The molecule has 1 heterocycles. The van der Waals surface area contributed by atoms with Crippen LogP contribution in [0.25, 0.3) is 0 Å². The van der Waals surface area contributed by atoms with Gasteiger partial charge in [-0.1, -0.05) is 73.5 Å². The molecular weight excluding hydrogens is 570 g/mol. The van der Waals surface area contributed by atoms with E-state index in [1.54, 1.807) is 36.4 Å². The van der Waals surface area contributed by atoms with E-state index in [1.807, 2.05) is 42.5 Å². The van der Waals surface area contributed by atoms with E-state index in [9.17, 15) is 9.90 Å². The van der Waals surface area contributed by atoms with Crippen LogP contribution in [0.1, 0.15) is 15.4 Å². The largest absolute Gasteiger partial charge is 0.491 e. The molecule has 10 heteroatoms. The number of nitrogens with one attached hydrogen (secondary N) is 1. The van der Waals surface area contributed by atoms with Crippen molar-refractivity contribution in [3.63, 3.8) is 0 Å². The number of hydrogen-bond donors (Lipinski definition) is 2. The van der Waals surface area contributed by atoms with Gasteiger partial charge in [0.15, 0.2) is 10.7 Å². The van der Waals surface area contributed by atoms with Crippen LogP contribution >= 0.6 is 43.2 Å². The molecule has 0 unspecified atom stereocenters. The number of benzene rings is 3. The van der Waals surface area contributed by atoms with Gasteiger partial charge in [-0.15, -0.1) is 10.2 Å². The van der Waals surface area contributed by atoms with Crippen molar-refractivity contribution in [2.45, 2.75) is 0 Å². The summed E-state index contributed by atoms with van der Waals surface area (Å²) in [4.78, 5) is 17.3. The third kappa shape index (κ3) is 5.98. The number of halogens is 2. The van der Waals surface area contributed by atoms with Gasteiger partial charge in [0.1, 0.15) is 0 Å². The van der Waals surface area contributed by atoms with Crippen LogP contribution in [0.15, 0.2) is 103 Å². The molecule has 0 aliphatic heterocycles. The number of nitrogens with zero attached hydrogens (tertiary/aromatic N) is 4. The Labute approximate surface area is 210 Å². The van der Waals surface area contributed by atoms with Crippen LogP contribution in [0.3, 0.4) is 0 Å². The van der Waals surface area contributed by atoms with Gasteiger partial charge in [-0.05, 0) is 48.5 Å². The van der Waals surface area contributed by atoms with Gasteiger partial charge in [-0.25, -0.2) is 0 Å². The van der Waals surface area contributed by atoms with Gasteiger partial charge in [-0.2, -0.15) is 10.1 Å². The van der Waals surface area contributed by atoms with Crippen molar-refractivity contribution >= 4 is 71.1 Å². The molecule has 0 saturated carbocycles. The van der Waals surface area contributed by atoms with E-state index >= 15 is 0 Å². The van der Waals surface area contributed by atoms with E-state index in [4.69, 9.17) is 0 Å². The normalized spacial score (nSPS) is 11.6. The summed E-state index contributed by atoms with van der Waals surface area (Å²) >= 11 is 7.77. The maximum Gasteiger partial charge on any atom is 0.251 e. The molecule has 0 radical (unpaired) electrons. The van der Waals surface area contributed by atoms with Crippen molar-refractivity contribution in [1.29, 1.82) is 0 Å². The van der Waals surface area contributed by atoms with Gasteiger partial charge in [-0.3, -0.25) is 10.2 Å². The monoisotopic (exact) mass is 583 g/mol. The first kappa shape index (κ1) is 23.0. The van der Waals surface area contributed by atoms with E-state index in [2.05, 4.69) is 57.6 Å². The molecule has 4 aromatic rings. The summed E-state index contributed by atoms with van der Waals surface area (Å²) < 4.78 is 1.84. The van der Waals surface area contributed by atoms with Crippen molar-refractivity contribution in [3.8, 4) is 5.88 Å². The Morgan fingerprint density at radius 2 is 1.52 bits per heavy atom. The quantitative estimate of drug-likeness (QED) is 0.102. The average Bonchev–Trinajstić information content (AvgIpc) is 3.20. The second kappa shape index (κ2) is 10.6. The van der Waals surface area contributed by atoms with Gasteiger partial charge in [0, 0.05) is 14.5 Å². The number of carbonyl (C=O) groups excluding carboxylic acids is 1. The van der Waals surface area contributed by atoms with E-state index < -0.39 is 0 Å². The van der Waals surface area contributed by atoms with Crippen molar-refractivity contribution in [2.24, 2.45) is 15.3 Å². The van der Waals surface area contributed by atoms with E-state index in [-0.39, 0.29) is 27.4 Å². The molecule has 2 N–H and O–H groups in total. The van der Waals surface area contributed by atoms with Crippen LogP contribution in [0.4, 0.5) is 16.4 Å². The smallest absolute Gasteiger partial charge is 0.251 e. The second-order valence-corrected chi connectivity index (χ2v) is 9.41. The summed E-state index contributed by atoms with van der Waals surface area (Å²) in [7, 11) is 0. The minimum absolute atomic E-state index is 0.0505. The van der Waals surface area contributed by atoms with Crippen LogP contribution in [0.5, 0.6) is 5.88 Å². The Kier molecular flexibility index (Phi) is 7.38. The van der Waals surface area contributed by atoms with Crippen LogP contribution in [-0.2, 0) is 0 Å². The summed E-state index contributed by atoms with van der Waals surface area (Å²) in [6.45, 7) is 0. The standard InChI is InChI=1S/C23H15Br2N5O2S/c24-15-6-10-17(11-7-15)27-29-19(20(31)14-4-2-1-3-5-14)22-26-21(32)23(33-22)30-28-18-12-8-16(25)9-13-18/h1-13,27,32H/b29-19+,30-28?. The highest BCUT2D eigenvalue weighted by molar-refractivity contribution is 9.10. The lowest BCUT2D eigenvalue weighted by Gasteiger charge is -2.05. The van der Waals surface area contributed by atoms with Crippen molar-refractivity contribution in [3.05, 3.63) is 98.4 Å². The van der Waals surface area contributed by atoms with Gasteiger partial charge < -0.3 is 5.11 Å². The number of hydrazone groups is 1. The zero-order chi connectivity index (χ0) is 23.2. The first-order valence-corrected chi connectivity index (χ1v) is 12.0. The molecule has 0 aliphatic carbocycles. The van der Waals surface area contributed by atoms with Crippen LogP contribution < -0.4 is 5.43 Å². The fourth-order valence-corrected chi connectivity index (χ4v) is 3.95. The predicted molar refractivity (Wildman–Crippen MR) is 137 cm³/mol. The lowest BCUT2D eigenvalue weighted by molar-refractivity contribution is 0.106. The molecule has 0 amide bonds. The molecule has 7 nitrogen and oxygen atoms in total. The Morgan fingerprint density at radius 3 is 2.18 bits per heavy atom. The minimum atomic E-state index is -0.342. The Hall–Kier alpha value is -3.21. The number of anilines is 1. The molecule has 0 bridgehead atoms. The summed E-state index contributed by atoms with van der Waals surface area (Å²) in [5, 5.41) is 23.2. The SMILES string of the molecule is O=C(/C(=N\Nc1ccc(Br)cc1)c1nc(O)c(N=Nc2ccc(Br)cc2)s1)c1ccccc1. The topological polar surface area (TPSA) is 99.3 Å². The molecule has 1 aromatic heterocycles. The summed E-state index contributed by atoms with van der Waals surface area (Å²) in [5.74, 6) is -0.668. The van der Waals surface area contributed by atoms with Gasteiger partial charge in [0.05, 0.1) is 11.4 Å². The maximum absolute atomic E-state index is 13.2. The number of aromatic nitrogens is 1. The molecular formula is C23H15Br2N5O2S. The van der Waals surface area contributed by atoms with Gasteiger partial charge in [0.25, 0.3) is 5.88 Å². The Balaban J connectivity index is 1.67. The van der Waals surface area contributed by atoms with Crippen molar-refractivity contribution < 1.29 is 9.90 Å². The van der Waals surface area contributed by atoms with E-state index in [1.165, 1.54) is 0 Å². The molecule has 33 heavy (non-hydrogen) atoms. The first-order chi connectivity index (χ1) is 16.0. The molecule has 0 spiro atoms. The fourth-order valence-electron chi connectivity index (χ4n) is 2.65. The number of rotatable bonds is 7. The summed E-state index contributed by atoms with van der Waals surface area (Å²) in [6, 6.07) is 23.3. The van der Waals surface area contributed by atoms with Crippen LogP contribution in [-0.4, -0.2) is 21.6 Å². The summed E-state index contributed by atoms with van der Waals surface area (Å²) in [6.07, 6.45) is 0. The Bertz CT molecular complexity index is 1320. The molecule has 3 aromatic carbocycles. The molecule has 0 atom stereocenters. The van der Waals surface area contributed by atoms with Gasteiger partial charge in [0.2, 0.25) is 10.8 Å². The minimum Gasteiger partial charge on any atom is -0.491 e. The predicted octanol–water partition coefficient (Wildman–Crippen LogP) is 7.49. The molecule has 0 fully saturated rings. The van der Waals surface area contributed by atoms with E-state index in [0.29, 0.717) is 16.9 Å². The van der Waals surface area contributed by atoms with Crippen molar-refractivity contribution in [2.75, 3.05) is 5.43 Å². The lowest BCUT2D eigenvalue weighted by Crippen LogP contribution is -2.17. The lowest BCUT2D eigenvalue weighted by atomic mass is 10.1. The summed E-state index contributed by atoms with van der Waals surface area (Å²) in [5.41, 5.74) is 4.68. The van der Waals surface area contributed by atoms with Gasteiger partial charge >= 0.3 is 0 Å². The number of carbonyl (C=O) groups is 1. The third-order valence-corrected chi connectivity index (χ3v) is 6.26. The highest BCUT2D eigenvalue weighted by Crippen LogP contribution is 2.35. The van der Waals surface area contributed by atoms with Crippen LogP contribution in [0.2, 0.25) is 0 Å². The number of aromatic hydroxyl groups is 1. The van der Waals surface area contributed by atoms with E-state index in [0.717, 1.165) is 20.3 Å². The number of azo groups is 1. The number of Topliss-reactive ketones (excluding diaryl/α,β-unsaturated/α-hetero) is 1. The zero-order valence-electron chi connectivity index (χ0n) is 16.8. The highest BCUT2D eigenvalue weighted by atomic mass is 79.9. The second-order valence-electron chi connectivity index (χ2n) is 6.60. The number of ketones is 1. The Morgan fingerprint density at radius 1 is 0.879 bits per heavy atom. The highest BCUT2D eigenvalue weighted by Gasteiger charge is 2.23. The maximum atomic E-state index is 13.2. The molecule has 0 aliphatic rings. The average molecular weight is 585 g/mol. The van der Waals surface area contributed by atoms with Crippen LogP contribution in [0, 0.1) is 0 Å². The molecule has 4 rings (SSSR count). The fraction of sp³-hybridized carbons (Fsp3) is 0. The number of hydrogen-bond acceptors (Lipinski definition) is 8. The molecule has 164 valence electrons.